The minimum atomic E-state index is -0.290. The van der Waals surface area contributed by atoms with Crippen LogP contribution in [0, 0.1) is 6.92 Å². The second-order valence-corrected chi connectivity index (χ2v) is 7.63. The van der Waals surface area contributed by atoms with Crippen LogP contribution in [-0.4, -0.2) is 58.2 Å². The highest BCUT2D eigenvalue weighted by molar-refractivity contribution is 6.08. The van der Waals surface area contributed by atoms with E-state index in [2.05, 4.69) is 37.8 Å². The minimum absolute atomic E-state index is 0. The highest BCUT2D eigenvalue weighted by Gasteiger charge is 2.20. The normalized spacial score (nSPS) is 16.1. The molecule has 1 fully saturated rings. The first kappa shape index (κ1) is 22.8. The van der Waals surface area contributed by atoms with Gasteiger partial charge in [0, 0.05) is 50.4 Å². The number of benzene rings is 1. The van der Waals surface area contributed by atoms with E-state index in [0.717, 1.165) is 41.9 Å². The maximum atomic E-state index is 13.0. The zero-order valence-corrected chi connectivity index (χ0v) is 19.0. The third-order valence-electron chi connectivity index (χ3n) is 5.13. The Labute approximate surface area is 187 Å². The number of fused-ring (bicyclic) bond motifs is 1. The van der Waals surface area contributed by atoms with Crippen LogP contribution in [0.3, 0.4) is 0 Å². The number of carbonyl (C=O) groups is 1. The number of amides is 1. The third kappa shape index (κ3) is 4.88. The Hall–Kier alpha value is -2.91. The number of anilines is 2. The van der Waals surface area contributed by atoms with Crippen LogP contribution < -0.4 is 20.3 Å². The van der Waals surface area contributed by atoms with Gasteiger partial charge in [-0.2, -0.15) is 5.10 Å². The summed E-state index contributed by atoms with van der Waals surface area (Å²) < 4.78 is 7.40. The van der Waals surface area contributed by atoms with Gasteiger partial charge in [0.15, 0.2) is 11.6 Å². The lowest BCUT2D eigenvalue weighted by molar-refractivity contribution is 0.102. The quantitative estimate of drug-likeness (QED) is 0.622. The van der Waals surface area contributed by atoms with Gasteiger partial charge in [-0.15, -0.1) is 22.6 Å². The second kappa shape index (κ2) is 9.49. The van der Waals surface area contributed by atoms with E-state index in [4.69, 9.17) is 4.74 Å². The number of rotatable bonds is 5. The number of ether oxygens (including phenoxy) is 1. The highest BCUT2D eigenvalue weighted by atomic mass is 35.5. The third-order valence-corrected chi connectivity index (χ3v) is 5.13. The lowest BCUT2D eigenvalue weighted by Crippen LogP contribution is -2.49. The molecule has 2 N–H and O–H groups in total. The Morgan fingerprint density at radius 1 is 1.32 bits per heavy atom. The van der Waals surface area contributed by atoms with E-state index in [1.807, 2.05) is 33.2 Å². The van der Waals surface area contributed by atoms with Crippen molar-refractivity contribution in [1.82, 2.24) is 25.3 Å². The molecule has 4 rings (SSSR count). The minimum Gasteiger partial charge on any atom is -0.493 e. The number of piperazine rings is 1. The number of aromatic nitrogens is 4. The zero-order valence-electron chi connectivity index (χ0n) is 18.2. The van der Waals surface area contributed by atoms with Gasteiger partial charge in [-0.05, 0) is 38.5 Å². The molecular weight excluding hydrogens is 418 g/mol. The SMILES string of the molecule is CCOc1cc2nn(C)cc2cc1C(=O)Nc1cc(C)c(N2CCN[C@@H](C)C2)nn1.Cl. The van der Waals surface area contributed by atoms with E-state index < -0.39 is 0 Å². The predicted octanol–water partition coefficient (Wildman–Crippen LogP) is 2.54. The summed E-state index contributed by atoms with van der Waals surface area (Å²) in [5, 5.41) is 20.2. The van der Waals surface area contributed by atoms with Crippen molar-refractivity contribution in [3.63, 3.8) is 0 Å². The van der Waals surface area contributed by atoms with Crippen LogP contribution in [0.1, 0.15) is 29.8 Å². The van der Waals surface area contributed by atoms with Gasteiger partial charge in [0.25, 0.3) is 5.91 Å². The largest absolute Gasteiger partial charge is 0.493 e. The van der Waals surface area contributed by atoms with E-state index in [-0.39, 0.29) is 18.3 Å². The lowest BCUT2D eigenvalue weighted by atomic mass is 10.1. The van der Waals surface area contributed by atoms with E-state index >= 15 is 0 Å². The van der Waals surface area contributed by atoms with Gasteiger partial charge < -0.3 is 20.3 Å². The molecule has 31 heavy (non-hydrogen) atoms. The Morgan fingerprint density at radius 2 is 2.13 bits per heavy atom. The summed E-state index contributed by atoms with van der Waals surface area (Å²) >= 11 is 0. The summed E-state index contributed by atoms with van der Waals surface area (Å²) in [5.74, 6) is 1.48. The predicted molar refractivity (Wildman–Crippen MR) is 124 cm³/mol. The van der Waals surface area contributed by atoms with Crippen molar-refractivity contribution in [2.75, 3.05) is 36.5 Å². The van der Waals surface area contributed by atoms with Crippen LogP contribution in [-0.2, 0) is 7.05 Å². The summed E-state index contributed by atoms with van der Waals surface area (Å²) in [6.07, 6.45) is 1.87. The van der Waals surface area contributed by atoms with Crippen LogP contribution in [0.4, 0.5) is 11.6 Å². The Bertz CT molecular complexity index is 1090. The van der Waals surface area contributed by atoms with Gasteiger partial charge in [0.05, 0.1) is 17.7 Å². The molecular formula is C21H28ClN7O2. The lowest BCUT2D eigenvalue weighted by Gasteiger charge is -2.33. The van der Waals surface area contributed by atoms with Crippen LogP contribution in [0.2, 0.25) is 0 Å². The van der Waals surface area contributed by atoms with Crippen molar-refractivity contribution in [3.05, 3.63) is 35.5 Å². The summed E-state index contributed by atoms with van der Waals surface area (Å²) in [4.78, 5) is 15.2. The molecule has 0 radical (unpaired) electrons. The van der Waals surface area contributed by atoms with Crippen molar-refractivity contribution >= 4 is 40.9 Å². The van der Waals surface area contributed by atoms with Gasteiger partial charge in [0.2, 0.25) is 0 Å². The fraction of sp³-hybridized carbons (Fsp3) is 0.429. The first-order valence-electron chi connectivity index (χ1n) is 10.2. The molecule has 1 aliphatic rings. The fourth-order valence-corrected chi connectivity index (χ4v) is 3.79. The number of hydrogen-bond acceptors (Lipinski definition) is 7. The number of carbonyl (C=O) groups excluding carboxylic acids is 1. The van der Waals surface area contributed by atoms with Crippen molar-refractivity contribution in [1.29, 1.82) is 0 Å². The van der Waals surface area contributed by atoms with Crippen molar-refractivity contribution in [3.8, 4) is 5.75 Å². The van der Waals surface area contributed by atoms with Crippen molar-refractivity contribution < 1.29 is 9.53 Å². The maximum absolute atomic E-state index is 13.0. The molecule has 0 aliphatic carbocycles. The second-order valence-electron chi connectivity index (χ2n) is 7.63. The smallest absolute Gasteiger partial charge is 0.260 e. The maximum Gasteiger partial charge on any atom is 0.260 e. The van der Waals surface area contributed by atoms with Crippen LogP contribution in [0.25, 0.3) is 10.9 Å². The molecule has 9 nitrogen and oxygen atoms in total. The van der Waals surface area contributed by atoms with E-state index in [9.17, 15) is 4.79 Å². The highest BCUT2D eigenvalue weighted by Crippen LogP contribution is 2.27. The van der Waals surface area contributed by atoms with E-state index in [1.165, 1.54) is 0 Å². The number of hydrogen-bond donors (Lipinski definition) is 2. The van der Waals surface area contributed by atoms with Crippen LogP contribution >= 0.6 is 12.4 Å². The van der Waals surface area contributed by atoms with Gasteiger partial charge in [-0.1, -0.05) is 0 Å². The van der Waals surface area contributed by atoms with E-state index in [0.29, 0.717) is 29.8 Å². The molecule has 0 unspecified atom stereocenters. The summed E-state index contributed by atoms with van der Waals surface area (Å²) in [6, 6.07) is 5.84. The zero-order chi connectivity index (χ0) is 21.3. The molecule has 1 saturated heterocycles. The van der Waals surface area contributed by atoms with Gasteiger partial charge >= 0.3 is 0 Å². The number of aryl methyl sites for hydroxylation is 2. The van der Waals surface area contributed by atoms with Crippen LogP contribution in [0.15, 0.2) is 24.4 Å². The van der Waals surface area contributed by atoms with Gasteiger partial charge in [0.1, 0.15) is 5.75 Å². The number of nitrogens with zero attached hydrogens (tertiary/aromatic N) is 5. The number of nitrogens with one attached hydrogen (secondary N) is 2. The molecule has 166 valence electrons. The summed E-state index contributed by atoms with van der Waals surface area (Å²) in [6.45, 7) is 9.15. The van der Waals surface area contributed by atoms with Crippen molar-refractivity contribution in [2.45, 2.75) is 26.8 Å². The topological polar surface area (TPSA) is 97.2 Å². The first-order chi connectivity index (χ1) is 14.4. The fourth-order valence-electron chi connectivity index (χ4n) is 3.79. The molecule has 0 spiro atoms. The summed E-state index contributed by atoms with van der Waals surface area (Å²) in [7, 11) is 1.85. The molecule has 1 aliphatic heterocycles. The first-order valence-corrected chi connectivity index (χ1v) is 10.2. The molecule has 3 heterocycles. The molecule has 1 aromatic carbocycles. The molecule has 3 aromatic rings. The average Bonchev–Trinajstić information content (AvgIpc) is 3.06. The monoisotopic (exact) mass is 445 g/mol. The summed E-state index contributed by atoms with van der Waals surface area (Å²) in [5.41, 5.74) is 2.20. The average molecular weight is 446 g/mol. The standard InChI is InChI=1S/C21H27N7O2.ClH/c1-5-30-18-10-17-15(12-27(4)26-17)9-16(18)21(29)23-19-8-13(2)20(25-24-19)28-7-6-22-14(3)11-28;/h8-10,12,14,22H,5-7,11H2,1-4H3,(H,23,24,29);1H/t14-;/m0./s1. The van der Waals surface area contributed by atoms with Crippen LogP contribution in [0.5, 0.6) is 5.75 Å². The Morgan fingerprint density at radius 3 is 2.84 bits per heavy atom. The molecule has 0 bridgehead atoms. The Kier molecular flexibility index (Phi) is 6.97. The molecule has 1 amide bonds. The van der Waals surface area contributed by atoms with Gasteiger partial charge in [-0.3, -0.25) is 9.48 Å². The molecule has 1 atom stereocenters. The van der Waals surface area contributed by atoms with Gasteiger partial charge in [-0.25, -0.2) is 0 Å². The molecule has 0 saturated carbocycles. The Balaban J connectivity index is 0.00000272. The molecule has 10 heteroatoms. The molecule has 2 aromatic heterocycles. The van der Waals surface area contributed by atoms with E-state index in [1.54, 1.807) is 16.8 Å². The van der Waals surface area contributed by atoms with Crippen molar-refractivity contribution in [2.24, 2.45) is 7.05 Å². The number of halogens is 1.